The van der Waals surface area contributed by atoms with Crippen LogP contribution >= 0.6 is 11.3 Å². The minimum absolute atomic E-state index is 0.0456. The number of piperidine rings is 1. The lowest BCUT2D eigenvalue weighted by molar-refractivity contribution is -0.131. The van der Waals surface area contributed by atoms with Crippen molar-refractivity contribution in [3.05, 3.63) is 94.3 Å². The van der Waals surface area contributed by atoms with Gasteiger partial charge >= 0.3 is 0 Å². The average molecular weight is 490 g/mol. The maximum atomic E-state index is 13.1. The van der Waals surface area contributed by atoms with E-state index in [4.69, 9.17) is 0 Å². The summed E-state index contributed by atoms with van der Waals surface area (Å²) in [6.07, 6.45) is 3.50. The Balaban J connectivity index is 1.17. The molecule has 0 bridgehead atoms. The smallest absolute Gasteiger partial charge is 0.276 e. The fraction of sp³-hybridized carbons (Fsp3) is 0.231. The van der Waals surface area contributed by atoms with E-state index in [9.17, 15) is 14.0 Å². The SMILES string of the molecule is O=C(Nc1ccnn1-c1ccccc1)c1csc(C2CCN(C(=O)Cc3ccc(F)cc3)CC2)n1. The predicted octanol–water partition coefficient (Wildman–Crippen LogP) is 4.67. The van der Waals surface area contributed by atoms with Crippen LogP contribution in [-0.2, 0) is 11.2 Å². The lowest BCUT2D eigenvalue weighted by Gasteiger charge is -2.31. The number of para-hydroxylation sites is 1. The quantitative estimate of drug-likeness (QED) is 0.427. The van der Waals surface area contributed by atoms with Crippen LogP contribution in [0.1, 0.15) is 39.8 Å². The van der Waals surface area contributed by atoms with Crippen molar-refractivity contribution in [2.45, 2.75) is 25.2 Å². The van der Waals surface area contributed by atoms with Gasteiger partial charge in [-0.1, -0.05) is 30.3 Å². The van der Waals surface area contributed by atoms with E-state index in [0.29, 0.717) is 24.6 Å². The molecule has 0 atom stereocenters. The summed E-state index contributed by atoms with van der Waals surface area (Å²) in [5.74, 6) is 0.247. The van der Waals surface area contributed by atoms with Crippen molar-refractivity contribution in [1.82, 2.24) is 19.7 Å². The van der Waals surface area contributed by atoms with Gasteiger partial charge in [-0.05, 0) is 42.7 Å². The van der Waals surface area contributed by atoms with Gasteiger partial charge in [0.1, 0.15) is 17.3 Å². The van der Waals surface area contributed by atoms with Gasteiger partial charge in [-0.2, -0.15) is 5.10 Å². The predicted molar refractivity (Wildman–Crippen MR) is 132 cm³/mol. The molecule has 1 aliphatic rings. The first kappa shape index (κ1) is 22.9. The van der Waals surface area contributed by atoms with Gasteiger partial charge in [0.25, 0.3) is 5.91 Å². The summed E-state index contributed by atoms with van der Waals surface area (Å²) in [7, 11) is 0. The zero-order valence-electron chi connectivity index (χ0n) is 18.9. The van der Waals surface area contributed by atoms with Gasteiger partial charge in [0.2, 0.25) is 5.91 Å². The lowest BCUT2D eigenvalue weighted by Crippen LogP contribution is -2.38. The minimum atomic E-state index is -0.305. The summed E-state index contributed by atoms with van der Waals surface area (Å²) in [5, 5.41) is 9.89. The normalized spacial score (nSPS) is 14.1. The standard InChI is InChI=1S/C26H24FN5O2S/c27-20-8-6-18(7-9-20)16-24(33)31-14-11-19(12-15-31)26-29-22(17-35-26)25(34)30-23-10-13-28-32(23)21-4-2-1-3-5-21/h1-10,13,17,19H,11-12,14-16H2,(H,30,34). The van der Waals surface area contributed by atoms with Crippen molar-refractivity contribution < 1.29 is 14.0 Å². The van der Waals surface area contributed by atoms with E-state index in [1.165, 1.54) is 23.5 Å². The number of rotatable bonds is 6. The van der Waals surface area contributed by atoms with Crippen LogP contribution in [0.4, 0.5) is 10.2 Å². The molecule has 2 aromatic carbocycles. The first-order chi connectivity index (χ1) is 17.1. The lowest BCUT2D eigenvalue weighted by atomic mass is 9.97. The molecule has 2 amide bonds. The number of benzene rings is 2. The number of thiazole rings is 1. The monoisotopic (exact) mass is 489 g/mol. The molecule has 4 aromatic rings. The molecular weight excluding hydrogens is 465 g/mol. The molecule has 0 aliphatic carbocycles. The number of carbonyl (C=O) groups excluding carboxylic acids is 2. The van der Waals surface area contributed by atoms with Crippen molar-refractivity contribution >= 4 is 29.0 Å². The number of nitrogens with one attached hydrogen (secondary N) is 1. The molecule has 0 saturated carbocycles. The molecule has 2 aromatic heterocycles. The van der Waals surface area contributed by atoms with Crippen molar-refractivity contribution in [1.29, 1.82) is 0 Å². The zero-order chi connectivity index (χ0) is 24.2. The number of hydrogen-bond donors (Lipinski definition) is 1. The highest BCUT2D eigenvalue weighted by molar-refractivity contribution is 7.10. The Morgan fingerprint density at radius 2 is 1.77 bits per heavy atom. The van der Waals surface area contributed by atoms with E-state index >= 15 is 0 Å². The third-order valence-corrected chi connectivity index (χ3v) is 7.11. The second-order valence-electron chi connectivity index (χ2n) is 8.45. The Morgan fingerprint density at radius 3 is 2.51 bits per heavy atom. The third-order valence-electron chi connectivity index (χ3n) is 6.11. The summed E-state index contributed by atoms with van der Waals surface area (Å²) < 4.78 is 14.8. The number of anilines is 1. The van der Waals surface area contributed by atoms with E-state index in [0.717, 1.165) is 29.1 Å². The van der Waals surface area contributed by atoms with Crippen LogP contribution < -0.4 is 5.32 Å². The molecule has 3 heterocycles. The van der Waals surface area contributed by atoms with E-state index in [1.54, 1.807) is 34.5 Å². The Hall–Kier alpha value is -3.85. The van der Waals surface area contributed by atoms with E-state index < -0.39 is 0 Å². The second-order valence-corrected chi connectivity index (χ2v) is 9.34. The summed E-state index contributed by atoms with van der Waals surface area (Å²) >= 11 is 1.48. The van der Waals surface area contributed by atoms with Crippen LogP contribution in [0.3, 0.4) is 0 Å². The number of halogens is 1. The molecule has 5 rings (SSSR count). The van der Waals surface area contributed by atoms with Crippen LogP contribution in [-0.4, -0.2) is 44.6 Å². The van der Waals surface area contributed by atoms with Crippen molar-refractivity contribution in [2.75, 3.05) is 18.4 Å². The molecule has 0 spiro atoms. The highest BCUT2D eigenvalue weighted by Crippen LogP contribution is 2.31. The Bertz CT molecular complexity index is 1310. The van der Waals surface area contributed by atoms with Gasteiger partial charge < -0.3 is 10.2 Å². The summed E-state index contributed by atoms with van der Waals surface area (Å²) in [6.45, 7) is 1.28. The van der Waals surface area contributed by atoms with Crippen LogP contribution in [0.5, 0.6) is 0 Å². The topological polar surface area (TPSA) is 80.1 Å². The van der Waals surface area contributed by atoms with E-state index in [1.807, 2.05) is 35.2 Å². The highest BCUT2D eigenvalue weighted by Gasteiger charge is 2.26. The fourth-order valence-corrected chi connectivity index (χ4v) is 5.17. The maximum Gasteiger partial charge on any atom is 0.276 e. The van der Waals surface area contributed by atoms with Gasteiger partial charge in [-0.25, -0.2) is 14.1 Å². The first-order valence-corrected chi connectivity index (χ1v) is 12.3. The Labute approximate surface area is 206 Å². The summed E-state index contributed by atoms with van der Waals surface area (Å²) in [6, 6.07) is 17.4. The molecule has 35 heavy (non-hydrogen) atoms. The maximum absolute atomic E-state index is 13.1. The molecule has 9 heteroatoms. The molecular formula is C26H24FN5O2S. The average Bonchev–Trinajstić information content (AvgIpc) is 3.56. The molecule has 0 unspecified atom stereocenters. The Morgan fingerprint density at radius 1 is 1.03 bits per heavy atom. The first-order valence-electron chi connectivity index (χ1n) is 11.5. The van der Waals surface area contributed by atoms with E-state index in [-0.39, 0.29) is 30.0 Å². The van der Waals surface area contributed by atoms with Crippen LogP contribution in [0.2, 0.25) is 0 Å². The van der Waals surface area contributed by atoms with E-state index in [2.05, 4.69) is 15.4 Å². The second kappa shape index (κ2) is 10.2. The Kier molecular flexibility index (Phi) is 6.67. The summed E-state index contributed by atoms with van der Waals surface area (Å²) in [4.78, 5) is 31.9. The molecule has 0 radical (unpaired) electrons. The largest absolute Gasteiger partial charge is 0.342 e. The molecule has 178 valence electrons. The van der Waals surface area contributed by atoms with Crippen LogP contribution in [0.15, 0.2) is 72.2 Å². The van der Waals surface area contributed by atoms with Crippen molar-refractivity contribution in [2.24, 2.45) is 0 Å². The number of carbonyl (C=O) groups is 2. The van der Waals surface area contributed by atoms with Gasteiger partial charge in [-0.3, -0.25) is 9.59 Å². The molecule has 1 saturated heterocycles. The summed E-state index contributed by atoms with van der Waals surface area (Å²) in [5.41, 5.74) is 2.04. The highest BCUT2D eigenvalue weighted by atomic mass is 32.1. The number of likely N-dealkylation sites (tertiary alicyclic amines) is 1. The van der Waals surface area contributed by atoms with Gasteiger partial charge in [0.05, 0.1) is 23.3 Å². The number of aromatic nitrogens is 3. The molecule has 1 N–H and O–H groups in total. The number of nitrogens with zero attached hydrogens (tertiary/aromatic N) is 4. The minimum Gasteiger partial charge on any atom is -0.342 e. The number of hydrogen-bond acceptors (Lipinski definition) is 5. The fourth-order valence-electron chi connectivity index (χ4n) is 4.20. The zero-order valence-corrected chi connectivity index (χ0v) is 19.7. The molecule has 1 fully saturated rings. The van der Waals surface area contributed by atoms with Gasteiger partial charge in [0.15, 0.2) is 0 Å². The van der Waals surface area contributed by atoms with Gasteiger partial charge in [-0.15, -0.1) is 11.3 Å². The van der Waals surface area contributed by atoms with Crippen LogP contribution in [0, 0.1) is 5.82 Å². The van der Waals surface area contributed by atoms with Crippen molar-refractivity contribution in [3.63, 3.8) is 0 Å². The molecule has 1 aliphatic heterocycles. The number of amides is 2. The molecule has 7 nitrogen and oxygen atoms in total. The van der Waals surface area contributed by atoms with Crippen molar-refractivity contribution in [3.8, 4) is 5.69 Å². The third kappa shape index (κ3) is 5.30. The van der Waals surface area contributed by atoms with Crippen LogP contribution in [0.25, 0.3) is 5.69 Å². The van der Waals surface area contributed by atoms with Gasteiger partial charge in [0, 0.05) is 30.5 Å².